The van der Waals surface area contributed by atoms with E-state index < -0.39 is 4.92 Å². The number of nitrogens with zero attached hydrogens (tertiary/aromatic N) is 1. The number of hydrogen-bond donors (Lipinski definition) is 0. The zero-order valence-electron chi connectivity index (χ0n) is 11.2. The Balaban J connectivity index is 2.44. The molecule has 5 nitrogen and oxygen atoms in total. The lowest BCUT2D eigenvalue weighted by Crippen LogP contribution is -2.09. The van der Waals surface area contributed by atoms with E-state index in [0.29, 0.717) is 16.0 Å². The van der Waals surface area contributed by atoms with Crippen LogP contribution >= 0.6 is 15.9 Å². The number of nitro groups is 1. The minimum atomic E-state index is -0.441. The van der Waals surface area contributed by atoms with Crippen LogP contribution in [-0.2, 0) is 16.0 Å². The molecule has 108 valence electrons. The Kier molecular flexibility index (Phi) is 4.75. The van der Waals surface area contributed by atoms with Crippen LogP contribution in [0, 0.1) is 10.1 Å². The molecular weight excluding hydrogens is 326 g/mol. The number of hydrogen-bond acceptors (Lipinski definition) is 4. The average molecular weight is 342 g/mol. The van der Waals surface area contributed by atoms with Gasteiger partial charge in [0.05, 0.1) is 22.9 Å². The predicted molar refractivity (Wildman–Crippen MR) is 77.7 cm³/mol. The van der Waals surface area contributed by atoms with E-state index in [4.69, 9.17) is 0 Å². The maximum absolute atomic E-state index is 11.5. The van der Waals surface area contributed by atoms with Gasteiger partial charge in [-0.1, -0.05) is 12.8 Å². The van der Waals surface area contributed by atoms with Crippen molar-refractivity contribution in [3.63, 3.8) is 0 Å². The normalized spacial score (nSPS) is 15.3. The van der Waals surface area contributed by atoms with Crippen LogP contribution in [0.1, 0.15) is 42.7 Å². The SMILES string of the molecule is COC(=O)Cc1cc([N+](=O)[O-])c(Br)cc1C1CCCC1. The third-order valence-corrected chi connectivity index (χ3v) is 4.40. The van der Waals surface area contributed by atoms with Crippen LogP contribution in [0.5, 0.6) is 0 Å². The first kappa shape index (κ1) is 15.0. The van der Waals surface area contributed by atoms with Gasteiger partial charge in [-0.2, -0.15) is 0 Å². The van der Waals surface area contributed by atoms with Gasteiger partial charge in [-0.05, 0) is 51.9 Å². The summed E-state index contributed by atoms with van der Waals surface area (Å²) in [7, 11) is 1.32. The van der Waals surface area contributed by atoms with E-state index in [2.05, 4.69) is 20.7 Å². The lowest BCUT2D eigenvalue weighted by atomic mass is 9.91. The predicted octanol–water partition coefficient (Wildman–Crippen LogP) is 3.73. The highest BCUT2D eigenvalue weighted by atomic mass is 79.9. The van der Waals surface area contributed by atoms with Crippen molar-refractivity contribution in [1.82, 2.24) is 0 Å². The van der Waals surface area contributed by atoms with E-state index in [9.17, 15) is 14.9 Å². The molecule has 1 aliphatic carbocycles. The van der Waals surface area contributed by atoms with E-state index in [-0.39, 0.29) is 18.1 Å². The fourth-order valence-electron chi connectivity index (χ4n) is 2.76. The number of rotatable bonds is 4. The maximum atomic E-state index is 11.5. The van der Waals surface area contributed by atoms with E-state index in [1.807, 2.05) is 0 Å². The van der Waals surface area contributed by atoms with Gasteiger partial charge in [0.15, 0.2) is 0 Å². The molecule has 0 radical (unpaired) electrons. The van der Waals surface area contributed by atoms with Crippen LogP contribution in [0.25, 0.3) is 0 Å². The molecule has 2 rings (SSSR count). The van der Waals surface area contributed by atoms with E-state index >= 15 is 0 Å². The van der Waals surface area contributed by atoms with E-state index in [0.717, 1.165) is 31.2 Å². The Labute approximate surface area is 125 Å². The molecular formula is C14H16BrNO4. The maximum Gasteiger partial charge on any atom is 0.309 e. The van der Waals surface area contributed by atoms with Gasteiger partial charge in [-0.15, -0.1) is 0 Å². The number of benzene rings is 1. The van der Waals surface area contributed by atoms with Gasteiger partial charge in [0, 0.05) is 6.07 Å². The molecule has 0 N–H and O–H groups in total. The quantitative estimate of drug-likeness (QED) is 0.475. The standard InChI is InChI=1S/C14H16BrNO4/c1-20-14(17)7-10-6-13(16(18)19)12(15)8-11(10)9-4-2-3-5-9/h6,8-9H,2-5,7H2,1H3. The van der Waals surface area contributed by atoms with Crippen molar-refractivity contribution in [2.45, 2.75) is 38.0 Å². The molecule has 1 fully saturated rings. The van der Waals surface area contributed by atoms with Gasteiger partial charge >= 0.3 is 5.97 Å². The third-order valence-electron chi connectivity index (χ3n) is 3.76. The van der Waals surface area contributed by atoms with Gasteiger partial charge in [0.2, 0.25) is 0 Å². The largest absolute Gasteiger partial charge is 0.469 e. The number of methoxy groups -OCH3 is 1. The number of ether oxygens (including phenoxy) is 1. The number of carbonyl (C=O) groups excluding carboxylic acids is 1. The fraction of sp³-hybridized carbons (Fsp3) is 0.500. The molecule has 20 heavy (non-hydrogen) atoms. The van der Waals surface area contributed by atoms with E-state index in [1.54, 1.807) is 6.07 Å². The highest BCUT2D eigenvalue weighted by molar-refractivity contribution is 9.10. The van der Waals surface area contributed by atoms with Crippen LogP contribution in [0.15, 0.2) is 16.6 Å². The molecule has 0 amide bonds. The first-order chi connectivity index (χ1) is 9.52. The van der Waals surface area contributed by atoms with Gasteiger partial charge in [-0.25, -0.2) is 0 Å². The summed E-state index contributed by atoms with van der Waals surface area (Å²) in [5.74, 6) is 0.00706. The van der Waals surface area contributed by atoms with Gasteiger partial charge in [0.1, 0.15) is 0 Å². The average Bonchev–Trinajstić information content (AvgIpc) is 2.93. The summed E-state index contributed by atoms with van der Waals surface area (Å²) in [6.07, 6.45) is 4.54. The lowest BCUT2D eigenvalue weighted by molar-refractivity contribution is -0.385. The number of carbonyl (C=O) groups is 1. The molecule has 6 heteroatoms. The van der Waals surface area contributed by atoms with Crippen molar-refractivity contribution in [2.24, 2.45) is 0 Å². The van der Waals surface area contributed by atoms with Crippen molar-refractivity contribution in [1.29, 1.82) is 0 Å². The molecule has 1 aliphatic rings. The zero-order valence-corrected chi connectivity index (χ0v) is 12.8. The summed E-state index contributed by atoms with van der Waals surface area (Å²) in [4.78, 5) is 22.1. The van der Waals surface area contributed by atoms with Crippen molar-refractivity contribution in [2.75, 3.05) is 7.11 Å². The number of nitro benzene ring substituents is 1. The first-order valence-electron chi connectivity index (χ1n) is 6.56. The van der Waals surface area contributed by atoms with Crippen LogP contribution in [0.3, 0.4) is 0 Å². The fourth-order valence-corrected chi connectivity index (χ4v) is 3.26. The molecule has 0 aromatic heterocycles. The Morgan fingerprint density at radius 1 is 1.45 bits per heavy atom. The highest BCUT2D eigenvalue weighted by Crippen LogP contribution is 2.39. The molecule has 0 heterocycles. The summed E-state index contributed by atoms with van der Waals surface area (Å²) in [6.45, 7) is 0. The van der Waals surface area contributed by atoms with Crippen molar-refractivity contribution in [3.8, 4) is 0 Å². The zero-order chi connectivity index (χ0) is 14.7. The first-order valence-corrected chi connectivity index (χ1v) is 7.35. The molecule has 1 saturated carbocycles. The van der Waals surface area contributed by atoms with Crippen LogP contribution < -0.4 is 0 Å². The second-order valence-electron chi connectivity index (χ2n) is 4.99. The third kappa shape index (κ3) is 3.17. The number of halogens is 1. The lowest BCUT2D eigenvalue weighted by Gasteiger charge is -2.15. The van der Waals surface area contributed by atoms with Crippen molar-refractivity contribution < 1.29 is 14.5 Å². The van der Waals surface area contributed by atoms with Crippen LogP contribution in [-0.4, -0.2) is 18.0 Å². The van der Waals surface area contributed by atoms with E-state index in [1.165, 1.54) is 13.2 Å². The van der Waals surface area contributed by atoms with Gasteiger partial charge in [-0.3, -0.25) is 14.9 Å². The number of esters is 1. The van der Waals surface area contributed by atoms with Crippen molar-refractivity contribution >= 4 is 27.6 Å². The topological polar surface area (TPSA) is 69.4 Å². The summed E-state index contributed by atoms with van der Waals surface area (Å²) in [5, 5.41) is 11.0. The monoisotopic (exact) mass is 341 g/mol. The molecule has 1 aromatic carbocycles. The Morgan fingerprint density at radius 3 is 2.65 bits per heavy atom. The molecule has 0 saturated heterocycles. The second kappa shape index (κ2) is 6.35. The summed E-state index contributed by atoms with van der Waals surface area (Å²) >= 11 is 3.25. The minimum absolute atomic E-state index is 0.00866. The van der Waals surface area contributed by atoms with Gasteiger partial charge < -0.3 is 4.74 Å². The molecule has 1 aromatic rings. The van der Waals surface area contributed by atoms with Crippen LogP contribution in [0.4, 0.5) is 5.69 Å². The summed E-state index contributed by atoms with van der Waals surface area (Å²) < 4.78 is 5.15. The summed E-state index contributed by atoms with van der Waals surface area (Å²) in [5.41, 5.74) is 1.73. The Morgan fingerprint density at radius 2 is 2.10 bits per heavy atom. The molecule has 0 bridgehead atoms. The highest BCUT2D eigenvalue weighted by Gasteiger charge is 2.25. The second-order valence-corrected chi connectivity index (χ2v) is 5.85. The Hall–Kier alpha value is -1.43. The molecule has 0 unspecified atom stereocenters. The molecule has 0 atom stereocenters. The smallest absolute Gasteiger partial charge is 0.309 e. The van der Waals surface area contributed by atoms with Gasteiger partial charge in [0.25, 0.3) is 5.69 Å². The summed E-state index contributed by atoms with van der Waals surface area (Å²) in [6, 6.07) is 3.29. The van der Waals surface area contributed by atoms with Crippen LogP contribution in [0.2, 0.25) is 0 Å². The Bertz CT molecular complexity index is 538. The molecule has 0 aliphatic heterocycles. The minimum Gasteiger partial charge on any atom is -0.469 e. The molecule has 0 spiro atoms. The van der Waals surface area contributed by atoms with Crippen molar-refractivity contribution in [3.05, 3.63) is 37.8 Å².